The predicted molar refractivity (Wildman–Crippen MR) is 85.6 cm³/mol. The van der Waals surface area contributed by atoms with E-state index >= 15 is 0 Å². The Bertz CT molecular complexity index is 743. The summed E-state index contributed by atoms with van der Waals surface area (Å²) < 4.78 is 10.6. The lowest BCUT2D eigenvalue weighted by molar-refractivity contribution is -0.135. The number of nitrogens with zero attached hydrogens (tertiary/aromatic N) is 2. The van der Waals surface area contributed by atoms with E-state index in [-0.39, 0.29) is 24.1 Å². The van der Waals surface area contributed by atoms with Crippen LogP contribution in [0.4, 0.5) is 0 Å². The topological polar surface area (TPSA) is 63.0 Å². The van der Waals surface area contributed by atoms with Crippen molar-refractivity contribution in [1.82, 2.24) is 9.80 Å². The lowest BCUT2D eigenvalue weighted by Crippen LogP contribution is -2.52. The Morgan fingerprint density at radius 2 is 2.13 bits per heavy atom. The summed E-state index contributed by atoms with van der Waals surface area (Å²) in [7, 11) is 1.59. The lowest BCUT2D eigenvalue weighted by atomic mass is 10.2. The average Bonchev–Trinajstić information content (AvgIpc) is 2.90. The van der Waals surface area contributed by atoms with E-state index in [0.717, 1.165) is 0 Å². The number of amides is 2. The van der Waals surface area contributed by atoms with E-state index in [2.05, 4.69) is 0 Å². The molecule has 1 aliphatic heterocycles. The molecule has 23 heavy (non-hydrogen) atoms. The van der Waals surface area contributed by atoms with E-state index in [9.17, 15) is 9.59 Å². The summed E-state index contributed by atoms with van der Waals surface area (Å²) in [4.78, 5) is 27.9. The van der Waals surface area contributed by atoms with Gasteiger partial charge in [0.25, 0.3) is 5.91 Å². The summed E-state index contributed by atoms with van der Waals surface area (Å²) >= 11 is 6.25. The van der Waals surface area contributed by atoms with Crippen molar-refractivity contribution in [2.45, 2.75) is 0 Å². The maximum atomic E-state index is 12.6. The Balaban J connectivity index is 1.76. The first-order valence-electron chi connectivity index (χ1n) is 7.35. The molecule has 0 aliphatic carbocycles. The minimum atomic E-state index is -0.356. The van der Waals surface area contributed by atoms with Crippen LogP contribution < -0.4 is 0 Å². The fraction of sp³-hybridized carbons (Fsp3) is 0.375. The van der Waals surface area contributed by atoms with Gasteiger partial charge in [0.15, 0.2) is 0 Å². The molecule has 0 radical (unpaired) electrons. The lowest BCUT2D eigenvalue weighted by Gasteiger charge is -2.33. The Labute approximate surface area is 138 Å². The molecule has 2 heterocycles. The van der Waals surface area contributed by atoms with Crippen LogP contribution in [0.5, 0.6) is 0 Å². The number of hydrogen-bond donors (Lipinski definition) is 0. The zero-order valence-corrected chi connectivity index (χ0v) is 13.5. The van der Waals surface area contributed by atoms with Gasteiger partial charge in [-0.1, -0.05) is 23.7 Å². The number of hydrogen-bond acceptors (Lipinski definition) is 4. The van der Waals surface area contributed by atoms with Crippen molar-refractivity contribution in [1.29, 1.82) is 0 Å². The van der Waals surface area contributed by atoms with Gasteiger partial charge in [-0.3, -0.25) is 9.59 Å². The van der Waals surface area contributed by atoms with Crippen molar-refractivity contribution in [3.05, 3.63) is 35.0 Å². The number of halogens is 1. The number of piperazine rings is 1. The van der Waals surface area contributed by atoms with Crippen LogP contribution >= 0.6 is 11.6 Å². The highest BCUT2D eigenvalue weighted by Gasteiger charge is 2.30. The van der Waals surface area contributed by atoms with Gasteiger partial charge in [-0.05, 0) is 12.1 Å². The van der Waals surface area contributed by atoms with Gasteiger partial charge in [-0.15, -0.1) is 0 Å². The number of carbonyl (C=O) groups is 2. The van der Waals surface area contributed by atoms with E-state index in [1.165, 1.54) is 4.90 Å². The van der Waals surface area contributed by atoms with Crippen LogP contribution in [0, 0.1) is 0 Å². The molecule has 0 unspecified atom stereocenters. The van der Waals surface area contributed by atoms with Crippen LogP contribution in [-0.4, -0.2) is 61.5 Å². The molecule has 0 N–H and O–H groups in total. The summed E-state index contributed by atoms with van der Waals surface area (Å²) in [5, 5.41) is 0.988. The summed E-state index contributed by atoms with van der Waals surface area (Å²) in [6.07, 6.45) is 0. The van der Waals surface area contributed by atoms with E-state index in [1.807, 2.05) is 12.1 Å². The van der Waals surface area contributed by atoms with Gasteiger partial charge in [-0.2, -0.15) is 0 Å². The summed E-state index contributed by atoms with van der Waals surface area (Å²) in [5.41, 5.74) is 0.561. The minimum absolute atomic E-state index is 0.0237. The molecule has 6 nitrogen and oxygen atoms in total. The van der Waals surface area contributed by atoms with Crippen molar-refractivity contribution >= 4 is 34.4 Å². The van der Waals surface area contributed by atoms with Crippen LogP contribution in [0.15, 0.2) is 28.7 Å². The highest BCUT2D eigenvalue weighted by Crippen LogP contribution is 2.31. The van der Waals surface area contributed by atoms with Crippen LogP contribution in [0.2, 0.25) is 5.02 Å². The number of furan rings is 1. The fourth-order valence-corrected chi connectivity index (χ4v) is 2.89. The normalized spacial score (nSPS) is 15.5. The molecule has 0 atom stereocenters. The summed E-state index contributed by atoms with van der Waals surface area (Å²) in [6, 6.07) is 7.20. The number of benzene rings is 1. The number of fused-ring (bicyclic) bond motifs is 1. The molecular formula is C16H17ClN2O4. The van der Waals surface area contributed by atoms with E-state index in [4.69, 9.17) is 20.8 Å². The molecule has 1 saturated heterocycles. The van der Waals surface area contributed by atoms with Crippen LogP contribution in [0.25, 0.3) is 11.0 Å². The number of carbonyl (C=O) groups excluding carboxylic acids is 2. The number of para-hydroxylation sites is 1. The average molecular weight is 337 g/mol. The van der Waals surface area contributed by atoms with Crippen molar-refractivity contribution in [2.24, 2.45) is 0 Å². The molecule has 0 saturated carbocycles. The van der Waals surface area contributed by atoms with Crippen molar-refractivity contribution in [2.75, 3.05) is 39.9 Å². The predicted octanol–water partition coefficient (Wildman–Crippen LogP) is 2.02. The molecule has 7 heteroatoms. The standard InChI is InChI=1S/C16H17ClN2O4/c1-22-9-8-18-6-7-19(10-13(18)20)16(21)15-14(17)11-4-2-3-5-12(11)23-15/h2-5H,6-10H2,1H3. The number of rotatable bonds is 4. The SMILES string of the molecule is COCCN1CCN(C(=O)c2oc3ccccc3c2Cl)CC1=O. The van der Waals surface area contributed by atoms with Gasteiger partial charge in [0, 0.05) is 32.1 Å². The monoisotopic (exact) mass is 336 g/mol. The third-order valence-electron chi connectivity index (χ3n) is 3.90. The molecule has 2 amide bonds. The van der Waals surface area contributed by atoms with Gasteiger partial charge < -0.3 is 19.0 Å². The third kappa shape index (κ3) is 3.04. The zero-order chi connectivity index (χ0) is 16.4. The zero-order valence-electron chi connectivity index (χ0n) is 12.8. The third-order valence-corrected chi connectivity index (χ3v) is 4.28. The maximum Gasteiger partial charge on any atom is 0.291 e. The molecular weight excluding hydrogens is 320 g/mol. The second-order valence-corrected chi connectivity index (χ2v) is 5.72. The van der Waals surface area contributed by atoms with Gasteiger partial charge >= 0.3 is 0 Å². The second-order valence-electron chi connectivity index (χ2n) is 5.34. The first kappa shape index (κ1) is 15.8. The second kappa shape index (κ2) is 6.60. The van der Waals surface area contributed by atoms with Crippen LogP contribution in [0.1, 0.15) is 10.6 Å². The minimum Gasteiger partial charge on any atom is -0.449 e. The van der Waals surface area contributed by atoms with Gasteiger partial charge in [-0.25, -0.2) is 0 Å². The molecule has 1 aliphatic rings. The Morgan fingerprint density at radius 1 is 1.35 bits per heavy atom. The highest BCUT2D eigenvalue weighted by atomic mass is 35.5. The van der Waals surface area contributed by atoms with E-state index in [1.54, 1.807) is 24.1 Å². The number of methoxy groups -OCH3 is 1. The van der Waals surface area contributed by atoms with Crippen LogP contribution in [0.3, 0.4) is 0 Å². The van der Waals surface area contributed by atoms with Crippen molar-refractivity contribution < 1.29 is 18.7 Å². The van der Waals surface area contributed by atoms with Crippen LogP contribution in [-0.2, 0) is 9.53 Å². The van der Waals surface area contributed by atoms with E-state index < -0.39 is 0 Å². The smallest absolute Gasteiger partial charge is 0.291 e. The summed E-state index contributed by atoms with van der Waals surface area (Å²) in [5.74, 6) is -0.370. The molecule has 122 valence electrons. The van der Waals surface area contributed by atoms with E-state index in [0.29, 0.717) is 42.2 Å². The van der Waals surface area contributed by atoms with Gasteiger partial charge in [0.1, 0.15) is 12.1 Å². The molecule has 3 rings (SSSR count). The molecule has 0 spiro atoms. The Hall–Kier alpha value is -2.05. The molecule has 1 fully saturated rings. The van der Waals surface area contributed by atoms with Crippen molar-refractivity contribution in [3.8, 4) is 0 Å². The highest BCUT2D eigenvalue weighted by molar-refractivity contribution is 6.38. The molecule has 1 aromatic carbocycles. The Kier molecular flexibility index (Phi) is 4.54. The first-order chi connectivity index (χ1) is 11.1. The molecule has 1 aromatic heterocycles. The summed E-state index contributed by atoms with van der Waals surface area (Å²) in [6.45, 7) is 1.96. The first-order valence-corrected chi connectivity index (χ1v) is 7.72. The van der Waals surface area contributed by atoms with Gasteiger partial charge in [0.05, 0.1) is 11.6 Å². The quantitative estimate of drug-likeness (QED) is 0.857. The number of ether oxygens (including phenoxy) is 1. The fourth-order valence-electron chi connectivity index (χ4n) is 2.61. The van der Waals surface area contributed by atoms with Crippen molar-refractivity contribution in [3.63, 3.8) is 0 Å². The Morgan fingerprint density at radius 3 is 2.83 bits per heavy atom. The largest absolute Gasteiger partial charge is 0.449 e. The maximum absolute atomic E-state index is 12.6. The molecule has 0 bridgehead atoms. The van der Waals surface area contributed by atoms with Gasteiger partial charge in [0.2, 0.25) is 11.7 Å². The molecule has 2 aromatic rings.